The van der Waals surface area contributed by atoms with Crippen LogP contribution in [0.2, 0.25) is 5.02 Å². The fourth-order valence-corrected chi connectivity index (χ4v) is 2.41. The van der Waals surface area contributed by atoms with Gasteiger partial charge >= 0.3 is 0 Å². The zero-order valence-electron chi connectivity index (χ0n) is 11.4. The van der Waals surface area contributed by atoms with E-state index in [1.165, 1.54) is 6.92 Å². The maximum atomic E-state index is 11.7. The summed E-state index contributed by atoms with van der Waals surface area (Å²) in [5.74, 6) is -0.0881. The number of benzene rings is 2. The number of hydrazone groups is 1. The standard InChI is InChI=1S/C17H13ClN2O/c1-11(21)17-10-14(12-5-3-2-4-6-12)15-9-13(18)7-8-16(15)19-20-17/h2-10,19H,1H3. The Kier molecular flexibility index (Phi) is 3.59. The number of halogens is 1. The van der Waals surface area contributed by atoms with Gasteiger partial charge in [0, 0.05) is 17.5 Å². The Bertz CT molecular complexity index is 764. The zero-order chi connectivity index (χ0) is 14.8. The molecule has 0 bridgehead atoms. The van der Waals surface area contributed by atoms with Crippen molar-refractivity contribution < 1.29 is 4.79 Å². The van der Waals surface area contributed by atoms with Crippen LogP contribution in [0.15, 0.2) is 59.7 Å². The number of rotatable bonds is 2. The first-order chi connectivity index (χ1) is 10.1. The molecule has 0 saturated carbocycles. The van der Waals surface area contributed by atoms with E-state index >= 15 is 0 Å². The van der Waals surface area contributed by atoms with Crippen LogP contribution in [0.1, 0.15) is 18.1 Å². The van der Waals surface area contributed by atoms with Gasteiger partial charge in [-0.05, 0) is 35.4 Å². The van der Waals surface area contributed by atoms with Gasteiger partial charge in [0.25, 0.3) is 0 Å². The van der Waals surface area contributed by atoms with Crippen LogP contribution in [-0.4, -0.2) is 11.5 Å². The predicted molar refractivity (Wildman–Crippen MR) is 86.7 cm³/mol. The second kappa shape index (κ2) is 5.54. The lowest BCUT2D eigenvalue weighted by Gasteiger charge is -2.11. The van der Waals surface area contributed by atoms with Crippen LogP contribution >= 0.6 is 11.6 Å². The van der Waals surface area contributed by atoms with Gasteiger partial charge in [-0.3, -0.25) is 10.2 Å². The molecule has 1 heterocycles. The minimum atomic E-state index is -0.0881. The molecule has 2 aromatic carbocycles. The van der Waals surface area contributed by atoms with E-state index in [-0.39, 0.29) is 5.78 Å². The van der Waals surface area contributed by atoms with Crippen molar-refractivity contribution in [2.75, 3.05) is 5.43 Å². The van der Waals surface area contributed by atoms with E-state index in [0.29, 0.717) is 10.7 Å². The maximum absolute atomic E-state index is 11.7. The van der Waals surface area contributed by atoms with E-state index in [1.807, 2.05) is 42.5 Å². The lowest BCUT2D eigenvalue weighted by Crippen LogP contribution is -2.08. The normalized spacial score (nSPS) is 13.4. The van der Waals surface area contributed by atoms with Gasteiger partial charge in [-0.15, -0.1) is 0 Å². The molecule has 0 unspecified atom stereocenters. The molecule has 0 radical (unpaired) electrons. The monoisotopic (exact) mass is 296 g/mol. The molecule has 1 aliphatic heterocycles. The Labute approximate surface area is 127 Å². The van der Waals surface area contributed by atoms with E-state index < -0.39 is 0 Å². The average molecular weight is 297 g/mol. The number of nitrogens with zero attached hydrogens (tertiary/aromatic N) is 1. The third-order valence-corrected chi connectivity index (χ3v) is 3.53. The maximum Gasteiger partial charge on any atom is 0.179 e. The van der Waals surface area contributed by atoms with Crippen molar-refractivity contribution in [1.29, 1.82) is 0 Å². The molecule has 4 heteroatoms. The fraction of sp³-hybridized carbons (Fsp3) is 0.0588. The molecule has 0 spiro atoms. The Morgan fingerprint density at radius 3 is 2.62 bits per heavy atom. The molecular weight excluding hydrogens is 284 g/mol. The number of allylic oxidation sites excluding steroid dienone is 1. The summed E-state index contributed by atoms with van der Waals surface area (Å²) in [6.07, 6.45) is 1.80. The Morgan fingerprint density at radius 1 is 1.14 bits per heavy atom. The third-order valence-electron chi connectivity index (χ3n) is 3.30. The van der Waals surface area contributed by atoms with Gasteiger partial charge in [-0.2, -0.15) is 5.10 Å². The number of carbonyl (C=O) groups is 1. The molecule has 0 amide bonds. The SMILES string of the molecule is CC(=O)C1=NNc2ccc(Cl)cc2C(c2ccccc2)=C1. The van der Waals surface area contributed by atoms with E-state index in [4.69, 9.17) is 11.6 Å². The first-order valence-electron chi connectivity index (χ1n) is 6.57. The Morgan fingerprint density at radius 2 is 1.90 bits per heavy atom. The van der Waals surface area contributed by atoms with E-state index in [0.717, 1.165) is 22.4 Å². The molecule has 0 aromatic heterocycles. The van der Waals surface area contributed by atoms with Crippen LogP contribution in [0.4, 0.5) is 5.69 Å². The minimum absolute atomic E-state index is 0.0881. The Hall–Kier alpha value is -2.39. The predicted octanol–water partition coefficient (Wildman–Crippen LogP) is 4.14. The van der Waals surface area contributed by atoms with Crippen molar-refractivity contribution in [3.8, 4) is 0 Å². The number of hydrogen-bond donors (Lipinski definition) is 1. The van der Waals surface area contributed by atoms with Crippen molar-refractivity contribution in [2.24, 2.45) is 5.10 Å². The van der Waals surface area contributed by atoms with Crippen LogP contribution in [0.3, 0.4) is 0 Å². The Balaban J connectivity index is 2.24. The molecule has 1 aliphatic rings. The molecule has 0 atom stereocenters. The number of ketones is 1. The summed E-state index contributed by atoms with van der Waals surface area (Å²) in [6, 6.07) is 15.4. The summed E-state index contributed by atoms with van der Waals surface area (Å²) in [5.41, 5.74) is 7.02. The molecule has 3 nitrogen and oxygen atoms in total. The molecular formula is C17H13ClN2O. The lowest BCUT2D eigenvalue weighted by molar-refractivity contribution is -0.111. The van der Waals surface area contributed by atoms with Gasteiger partial charge in [0.1, 0.15) is 5.71 Å². The van der Waals surface area contributed by atoms with Gasteiger partial charge in [-0.1, -0.05) is 41.9 Å². The quantitative estimate of drug-likeness (QED) is 0.905. The highest BCUT2D eigenvalue weighted by Gasteiger charge is 2.16. The first kappa shape index (κ1) is 13.6. The fourth-order valence-electron chi connectivity index (χ4n) is 2.24. The summed E-state index contributed by atoms with van der Waals surface area (Å²) in [7, 11) is 0. The lowest BCUT2D eigenvalue weighted by atomic mass is 9.95. The van der Waals surface area contributed by atoms with Crippen molar-refractivity contribution in [3.05, 3.63) is 70.8 Å². The number of anilines is 1. The van der Waals surface area contributed by atoms with Crippen LogP contribution in [0, 0.1) is 0 Å². The van der Waals surface area contributed by atoms with Gasteiger partial charge in [0.05, 0.1) is 5.69 Å². The largest absolute Gasteiger partial charge is 0.293 e. The smallest absolute Gasteiger partial charge is 0.179 e. The molecule has 21 heavy (non-hydrogen) atoms. The second-order valence-corrected chi connectivity index (χ2v) is 5.22. The van der Waals surface area contributed by atoms with Crippen LogP contribution < -0.4 is 5.43 Å². The molecule has 1 N–H and O–H groups in total. The number of carbonyl (C=O) groups excluding carboxylic acids is 1. The topological polar surface area (TPSA) is 41.5 Å². The number of hydrogen-bond acceptors (Lipinski definition) is 3. The summed E-state index contributed by atoms with van der Waals surface area (Å²) in [5, 5.41) is 4.81. The summed E-state index contributed by atoms with van der Waals surface area (Å²) >= 11 is 6.12. The number of nitrogens with one attached hydrogen (secondary N) is 1. The average Bonchev–Trinajstić information content (AvgIpc) is 2.67. The highest BCUT2D eigenvalue weighted by molar-refractivity contribution is 6.45. The van der Waals surface area contributed by atoms with Crippen LogP contribution in [0.5, 0.6) is 0 Å². The number of fused-ring (bicyclic) bond motifs is 1. The van der Waals surface area contributed by atoms with Gasteiger partial charge in [-0.25, -0.2) is 0 Å². The molecule has 104 valence electrons. The zero-order valence-corrected chi connectivity index (χ0v) is 12.2. The molecule has 0 saturated heterocycles. The van der Waals surface area contributed by atoms with Crippen molar-refractivity contribution >= 4 is 34.4 Å². The van der Waals surface area contributed by atoms with Gasteiger partial charge < -0.3 is 0 Å². The van der Waals surface area contributed by atoms with Crippen LogP contribution in [0.25, 0.3) is 5.57 Å². The minimum Gasteiger partial charge on any atom is -0.293 e. The van der Waals surface area contributed by atoms with Crippen LogP contribution in [-0.2, 0) is 4.79 Å². The second-order valence-electron chi connectivity index (χ2n) is 4.78. The molecule has 3 rings (SSSR count). The molecule has 0 fully saturated rings. The molecule has 2 aromatic rings. The van der Waals surface area contributed by atoms with Crippen molar-refractivity contribution in [3.63, 3.8) is 0 Å². The summed E-state index contributed by atoms with van der Waals surface area (Å²) in [4.78, 5) is 11.7. The van der Waals surface area contributed by atoms with Gasteiger partial charge in [0.15, 0.2) is 5.78 Å². The van der Waals surface area contributed by atoms with Crippen molar-refractivity contribution in [1.82, 2.24) is 0 Å². The summed E-state index contributed by atoms with van der Waals surface area (Å²) in [6.45, 7) is 1.50. The highest BCUT2D eigenvalue weighted by Crippen LogP contribution is 2.33. The van der Waals surface area contributed by atoms with Crippen molar-refractivity contribution in [2.45, 2.75) is 6.92 Å². The van der Waals surface area contributed by atoms with E-state index in [1.54, 1.807) is 12.1 Å². The van der Waals surface area contributed by atoms with E-state index in [9.17, 15) is 4.79 Å². The first-order valence-corrected chi connectivity index (χ1v) is 6.94. The van der Waals surface area contributed by atoms with Gasteiger partial charge in [0.2, 0.25) is 0 Å². The third kappa shape index (κ3) is 2.73. The van der Waals surface area contributed by atoms with E-state index in [2.05, 4.69) is 10.5 Å². The highest BCUT2D eigenvalue weighted by atomic mass is 35.5. The summed E-state index contributed by atoms with van der Waals surface area (Å²) < 4.78 is 0. The molecule has 0 aliphatic carbocycles. The number of Topliss-reactive ketones (excluding diaryl/α,β-unsaturated/α-hetero) is 1.